The molecule has 5 aliphatic carbocycles. The lowest BCUT2D eigenvalue weighted by atomic mass is 9.41. The van der Waals surface area contributed by atoms with E-state index < -0.39 is 11.7 Å². The fourth-order valence-electron chi connectivity index (χ4n) is 12.7. The zero-order valence-electron chi connectivity index (χ0n) is 25.8. The van der Waals surface area contributed by atoms with Crippen molar-refractivity contribution in [3.63, 3.8) is 0 Å². The number of aliphatic hydroxyl groups excluding tert-OH is 1. The highest BCUT2D eigenvalue weighted by molar-refractivity contribution is 5.31. The molecule has 6 aliphatic rings. The molecule has 0 bridgehead atoms. The second kappa shape index (κ2) is 8.44. The monoisotopic (exact) mass is 552 g/mol. The molecule has 12 unspecified atom stereocenters. The van der Waals surface area contributed by atoms with Gasteiger partial charge < -0.3 is 19.7 Å². The van der Waals surface area contributed by atoms with Crippen LogP contribution in [0.5, 0.6) is 6.01 Å². The summed E-state index contributed by atoms with van der Waals surface area (Å²) < 4.78 is 13.3. The molecule has 2 heterocycles. The quantitative estimate of drug-likeness (QED) is 0.463. The van der Waals surface area contributed by atoms with Crippen molar-refractivity contribution in [2.24, 2.45) is 50.7 Å². The maximum Gasteiger partial charge on any atom is 0.316 e. The summed E-state index contributed by atoms with van der Waals surface area (Å²) in [7, 11) is 0. The Morgan fingerprint density at radius 2 is 1.65 bits per heavy atom. The van der Waals surface area contributed by atoms with E-state index in [1.54, 1.807) is 18.5 Å². The van der Waals surface area contributed by atoms with Gasteiger partial charge in [-0.3, -0.25) is 0 Å². The largest absolute Gasteiger partial charge is 0.454 e. The lowest BCUT2D eigenvalue weighted by Crippen LogP contribution is -2.58. The Kier molecular flexibility index (Phi) is 5.82. The first-order valence-corrected chi connectivity index (χ1v) is 16.2. The van der Waals surface area contributed by atoms with Gasteiger partial charge in [-0.1, -0.05) is 34.6 Å². The van der Waals surface area contributed by atoms with Crippen LogP contribution in [0.1, 0.15) is 106 Å². The Morgan fingerprint density at radius 1 is 0.975 bits per heavy atom. The number of fused-ring (bicyclic) bond motifs is 4. The minimum atomic E-state index is -1.09. The summed E-state index contributed by atoms with van der Waals surface area (Å²) in [5.74, 6) is 2.41. The lowest BCUT2D eigenvalue weighted by molar-refractivity contribution is -0.188. The Hall–Kier alpha value is -1.24. The first-order chi connectivity index (χ1) is 18.7. The maximum atomic E-state index is 11.2. The molecule has 6 nitrogen and oxygen atoms in total. The molecule has 222 valence electrons. The standard InChI is InChI=1S/C34H52N2O4/c1-20-17-21(27(30(4,5)38)40-28-35-15-8-16-36-28)39-22-18-32(7)24-10-9-23-29(2,3)25(37)11-12-33(23)19-34(24,33)14-13-31(32,6)26(20)22/h8,15-16,20-27,37-38H,9-14,17-19H2,1-7H3. The van der Waals surface area contributed by atoms with Crippen molar-refractivity contribution in [2.45, 2.75) is 136 Å². The van der Waals surface area contributed by atoms with Crippen molar-refractivity contribution >= 4 is 0 Å². The molecule has 2 N–H and O–H groups in total. The highest BCUT2D eigenvalue weighted by atomic mass is 16.6. The molecule has 12 atom stereocenters. The van der Waals surface area contributed by atoms with Crippen LogP contribution in [0.3, 0.4) is 0 Å². The first-order valence-electron chi connectivity index (χ1n) is 16.2. The molecular weight excluding hydrogens is 500 g/mol. The summed E-state index contributed by atoms with van der Waals surface area (Å²) in [6, 6.07) is 2.07. The molecule has 6 heteroatoms. The Morgan fingerprint density at radius 3 is 2.35 bits per heavy atom. The van der Waals surface area contributed by atoms with Gasteiger partial charge in [0.05, 0.1) is 23.9 Å². The van der Waals surface area contributed by atoms with E-state index in [0.717, 1.165) is 25.2 Å². The third kappa shape index (κ3) is 3.39. The smallest absolute Gasteiger partial charge is 0.316 e. The molecule has 1 aromatic rings. The molecule has 0 aromatic carbocycles. The predicted molar refractivity (Wildman–Crippen MR) is 153 cm³/mol. The van der Waals surface area contributed by atoms with Crippen molar-refractivity contribution in [2.75, 3.05) is 0 Å². The van der Waals surface area contributed by atoms with Gasteiger partial charge in [0.15, 0.2) is 6.10 Å². The van der Waals surface area contributed by atoms with E-state index in [2.05, 4.69) is 44.6 Å². The van der Waals surface area contributed by atoms with E-state index in [9.17, 15) is 10.2 Å². The van der Waals surface area contributed by atoms with Crippen molar-refractivity contribution in [1.29, 1.82) is 0 Å². The van der Waals surface area contributed by atoms with Crippen LogP contribution in [-0.4, -0.2) is 50.2 Å². The molecule has 1 aliphatic heterocycles. The van der Waals surface area contributed by atoms with Crippen LogP contribution in [0.25, 0.3) is 0 Å². The van der Waals surface area contributed by atoms with Gasteiger partial charge in [-0.05, 0) is 128 Å². The van der Waals surface area contributed by atoms with Crippen LogP contribution in [-0.2, 0) is 4.74 Å². The summed E-state index contributed by atoms with van der Waals surface area (Å²) >= 11 is 0. The van der Waals surface area contributed by atoms with Crippen molar-refractivity contribution < 1.29 is 19.7 Å². The highest BCUT2D eigenvalue weighted by Crippen LogP contribution is 2.89. The van der Waals surface area contributed by atoms with Gasteiger partial charge in [-0.15, -0.1) is 0 Å². The average molecular weight is 553 g/mol. The van der Waals surface area contributed by atoms with Gasteiger partial charge in [0.2, 0.25) is 0 Å². The van der Waals surface area contributed by atoms with E-state index in [-0.39, 0.29) is 34.6 Å². The maximum absolute atomic E-state index is 11.2. The van der Waals surface area contributed by atoms with Crippen molar-refractivity contribution in [3.8, 4) is 6.01 Å². The van der Waals surface area contributed by atoms with Gasteiger partial charge in [-0.25, -0.2) is 9.97 Å². The molecule has 7 rings (SSSR count). The van der Waals surface area contributed by atoms with Gasteiger partial charge in [0, 0.05) is 12.4 Å². The van der Waals surface area contributed by atoms with Crippen LogP contribution in [0.15, 0.2) is 18.5 Å². The van der Waals surface area contributed by atoms with Crippen LogP contribution in [0, 0.1) is 50.7 Å². The van der Waals surface area contributed by atoms with E-state index in [4.69, 9.17) is 9.47 Å². The molecule has 1 aromatic heterocycles. The molecule has 2 spiro atoms. The fraction of sp³-hybridized carbons (Fsp3) is 0.882. The zero-order chi connectivity index (χ0) is 28.5. The van der Waals surface area contributed by atoms with Crippen LogP contribution < -0.4 is 4.74 Å². The van der Waals surface area contributed by atoms with Crippen LogP contribution in [0.2, 0.25) is 0 Å². The molecule has 0 radical (unpaired) electrons. The molecule has 6 fully saturated rings. The van der Waals surface area contributed by atoms with Gasteiger partial charge in [-0.2, -0.15) is 0 Å². The lowest BCUT2D eigenvalue weighted by Gasteiger charge is -2.63. The summed E-state index contributed by atoms with van der Waals surface area (Å²) in [4.78, 5) is 8.56. The number of hydrogen-bond acceptors (Lipinski definition) is 6. The summed E-state index contributed by atoms with van der Waals surface area (Å²) in [5.41, 5.74) is 0.342. The second-order valence-electron chi connectivity index (χ2n) is 16.8. The number of rotatable bonds is 4. The van der Waals surface area contributed by atoms with Crippen molar-refractivity contribution in [1.82, 2.24) is 9.97 Å². The second-order valence-corrected chi connectivity index (χ2v) is 16.8. The normalized spacial score (nSPS) is 51.4. The Balaban J connectivity index is 1.18. The minimum Gasteiger partial charge on any atom is -0.454 e. The Bertz CT molecular complexity index is 1150. The van der Waals surface area contributed by atoms with Crippen molar-refractivity contribution in [3.05, 3.63) is 18.5 Å². The number of hydrogen-bond donors (Lipinski definition) is 2. The third-order valence-electron chi connectivity index (χ3n) is 14.5. The summed E-state index contributed by atoms with van der Waals surface area (Å²) in [6.07, 6.45) is 13.4. The van der Waals surface area contributed by atoms with Crippen LogP contribution >= 0.6 is 0 Å². The number of nitrogens with zero attached hydrogens (tertiary/aromatic N) is 2. The molecule has 40 heavy (non-hydrogen) atoms. The van der Waals surface area contributed by atoms with E-state index in [1.807, 2.05) is 13.8 Å². The number of ether oxygens (including phenoxy) is 2. The zero-order valence-corrected chi connectivity index (χ0v) is 25.8. The van der Waals surface area contributed by atoms with Gasteiger partial charge >= 0.3 is 6.01 Å². The Labute approximate surface area is 241 Å². The van der Waals surface area contributed by atoms with E-state index >= 15 is 0 Å². The molecular formula is C34H52N2O4. The summed E-state index contributed by atoms with van der Waals surface area (Å²) in [6.45, 7) is 16.0. The van der Waals surface area contributed by atoms with Crippen LogP contribution in [0.4, 0.5) is 0 Å². The fourth-order valence-corrected chi connectivity index (χ4v) is 12.7. The molecule has 0 amide bonds. The van der Waals surface area contributed by atoms with Gasteiger partial charge in [0.1, 0.15) is 0 Å². The van der Waals surface area contributed by atoms with E-state index in [1.165, 1.54) is 38.5 Å². The number of aliphatic hydroxyl groups is 2. The molecule has 1 saturated heterocycles. The molecule has 5 saturated carbocycles. The minimum absolute atomic E-state index is 0.0253. The third-order valence-corrected chi connectivity index (χ3v) is 14.5. The summed E-state index contributed by atoms with van der Waals surface area (Å²) in [5, 5.41) is 22.2. The SMILES string of the molecule is CC1CC(C(Oc2ncccn2)C(C)(C)O)OC2CC3(C)C4CCC5C(C)(C)C(O)CCC56CC46CCC3(C)C12. The predicted octanol–water partition coefficient (Wildman–Crippen LogP) is 6.20. The van der Waals surface area contributed by atoms with E-state index in [0.29, 0.717) is 34.6 Å². The average Bonchev–Trinajstić information content (AvgIpc) is 3.48. The number of aromatic nitrogens is 2. The first kappa shape index (κ1) is 27.6. The topological polar surface area (TPSA) is 84.7 Å². The highest BCUT2D eigenvalue weighted by Gasteiger charge is 2.83. The van der Waals surface area contributed by atoms with Gasteiger partial charge in [0.25, 0.3) is 0 Å².